The zero-order valence-corrected chi connectivity index (χ0v) is 27.7. The summed E-state index contributed by atoms with van der Waals surface area (Å²) in [6, 6.07) is 27.4. The SMILES string of the molecule is CC(=O)O[C@H]1C[N+]2(CC(=O)c3ccccc3)CCC1CC2.NC(C(=O)Nc1ccccc1)c1ccccc1.O=C(O)C(F)(F)F.O=C([O-])C(F)(F)F. The quantitative estimate of drug-likeness (QED) is 0.138. The lowest BCUT2D eigenvalue weighted by atomic mass is 9.83. The van der Waals surface area contributed by atoms with Crippen LogP contribution in [0.2, 0.25) is 0 Å². The van der Waals surface area contributed by atoms with Crippen molar-refractivity contribution in [2.75, 3.05) is 31.5 Å². The summed E-state index contributed by atoms with van der Waals surface area (Å²) in [5.41, 5.74) is 8.21. The number of halogens is 6. The molecule has 6 rings (SSSR count). The van der Waals surface area contributed by atoms with Crippen LogP contribution in [0, 0.1) is 5.92 Å². The van der Waals surface area contributed by atoms with E-state index in [1.54, 1.807) is 0 Å². The van der Waals surface area contributed by atoms with Gasteiger partial charge in [-0.25, -0.2) is 4.79 Å². The monoisotopic (exact) mass is 741 g/mol. The van der Waals surface area contributed by atoms with E-state index in [1.165, 1.54) is 6.92 Å². The van der Waals surface area contributed by atoms with Gasteiger partial charge in [-0.05, 0) is 17.7 Å². The van der Waals surface area contributed by atoms with Crippen molar-refractivity contribution in [3.63, 3.8) is 0 Å². The molecule has 52 heavy (non-hydrogen) atoms. The molecule has 4 N–H and O–H groups in total. The number of carbonyl (C=O) groups excluding carboxylic acids is 4. The summed E-state index contributed by atoms with van der Waals surface area (Å²) in [6.07, 6.45) is -8.17. The third-order valence-electron chi connectivity index (χ3n) is 7.89. The number of ether oxygens (including phenoxy) is 1. The van der Waals surface area contributed by atoms with Gasteiger partial charge in [0.15, 0.2) is 6.10 Å². The molecule has 3 heterocycles. The normalized spacial score (nSPS) is 19.4. The Balaban J connectivity index is 0.000000269. The molecule has 1 unspecified atom stereocenters. The van der Waals surface area contributed by atoms with E-state index in [0.29, 0.717) is 12.5 Å². The number of quaternary nitrogens is 1. The van der Waals surface area contributed by atoms with E-state index in [2.05, 4.69) is 5.32 Å². The highest BCUT2D eigenvalue weighted by atomic mass is 19.4. The van der Waals surface area contributed by atoms with Gasteiger partial charge in [0, 0.05) is 36.9 Å². The van der Waals surface area contributed by atoms with Crippen LogP contribution in [0.25, 0.3) is 0 Å². The van der Waals surface area contributed by atoms with E-state index < -0.39 is 30.3 Å². The lowest BCUT2D eigenvalue weighted by Gasteiger charge is -2.51. The van der Waals surface area contributed by atoms with Crippen LogP contribution in [0.15, 0.2) is 91.0 Å². The fourth-order valence-corrected chi connectivity index (χ4v) is 5.36. The number of carboxylic acid groups (broad SMARTS) is 2. The van der Waals surface area contributed by atoms with Gasteiger partial charge in [0.1, 0.15) is 25.1 Å². The summed E-state index contributed by atoms with van der Waals surface area (Å²) in [6.45, 7) is 4.84. The number of rotatable bonds is 7. The summed E-state index contributed by atoms with van der Waals surface area (Å²) in [7, 11) is 0. The van der Waals surface area contributed by atoms with Crippen molar-refractivity contribution in [3.05, 3.63) is 102 Å². The second-order valence-corrected chi connectivity index (χ2v) is 11.7. The molecule has 3 fully saturated rings. The van der Waals surface area contributed by atoms with Gasteiger partial charge in [-0.15, -0.1) is 0 Å². The van der Waals surface area contributed by atoms with Crippen LogP contribution in [-0.2, 0) is 23.9 Å². The number of ketones is 1. The van der Waals surface area contributed by atoms with Crippen LogP contribution in [0.1, 0.15) is 41.7 Å². The number of fused-ring (bicyclic) bond motifs is 3. The molecule has 3 aromatic carbocycles. The average Bonchev–Trinajstić information content (AvgIpc) is 3.09. The minimum atomic E-state index is -5.19. The molecule has 0 spiro atoms. The van der Waals surface area contributed by atoms with Gasteiger partial charge < -0.3 is 35.3 Å². The van der Waals surface area contributed by atoms with E-state index in [9.17, 15) is 40.7 Å². The molecular weight excluding hydrogens is 704 g/mol. The van der Waals surface area contributed by atoms with Crippen LogP contribution in [-0.4, -0.2) is 83.8 Å². The zero-order valence-electron chi connectivity index (χ0n) is 27.7. The molecule has 2 atom stereocenters. The maximum Gasteiger partial charge on any atom is 0.490 e. The summed E-state index contributed by atoms with van der Waals surface area (Å²) in [5.74, 6) is -5.50. The predicted octanol–water partition coefficient (Wildman–Crippen LogP) is 4.30. The molecule has 0 aromatic heterocycles. The topological polar surface area (TPSA) is 176 Å². The number of hydrogen-bond acceptors (Lipinski definition) is 8. The number of nitrogens with one attached hydrogen (secondary N) is 1. The number of anilines is 1. The van der Waals surface area contributed by atoms with Crippen molar-refractivity contribution in [3.8, 4) is 0 Å². The van der Waals surface area contributed by atoms with Crippen molar-refractivity contribution in [2.24, 2.45) is 11.7 Å². The van der Waals surface area contributed by atoms with E-state index >= 15 is 0 Å². The van der Waals surface area contributed by atoms with Crippen molar-refractivity contribution in [2.45, 2.75) is 44.3 Å². The first kappa shape index (κ1) is 42.9. The Morgan fingerprint density at radius 3 is 1.71 bits per heavy atom. The van der Waals surface area contributed by atoms with Crippen molar-refractivity contribution >= 4 is 35.3 Å². The summed E-state index contributed by atoms with van der Waals surface area (Å²) in [4.78, 5) is 53.3. The maximum absolute atomic E-state index is 12.5. The van der Waals surface area contributed by atoms with Gasteiger partial charge in [0.05, 0.1) is 13.1 Å². The van der Waals surface area contributed by atoms with Gasteiger partial charge in [0.25, 0.3) is 0 Å². The van der Waals surface area contributed by atoms with Crippen molar-refractivity contribution < 1.29 is 69.7 Å². The first-order chi connectivity index (χ1) is 24.2. The second-order valence-electron chi connectivity index (χ2n) is 11.7. The highest BCUT2D eigenvalue weighted by Gasteiger charge is 2.48. The standard InChI is InChI=1S/C17H22NO3.C14H14N2O.2C2HF3O2/c1-13(19)21-17-12-18(9-7-15(17)8-10-18)11-16(20)14-5-3-2-4-6-14;15-13(11-7-3-1-4-8-11)14(17)16-12-9-5-2-6-10-12;2*3-2(4,5)1(6)7/h2-6,15,17H,7-12H2,1H3;1-10,13H,15H2,(H,16,17);2*(H,6,7)/q+1;;;/p-1/t15?,17-,18?;;;/m0.../s1. The average molecular weight is 742 g/mol. The van der Waals surface area contributed by atoms with Gasteiger partial charge in [0.2, 0.25) is 11.7 Å². The molecule has 0 radical (unpaired) electrons. The number of hydrogen-bond donors (Lipinski definition) is 3. The molecule has 3 saturated heterocycles. The van der Waals surface area contributed by atoms with E-state index in [4.69, 9.17) is 30.3 Å². The number of para-hydroxylation sites is 1. The van der Waals surface area contributed by atoms with E-state index in [-0.39, 0.29) is 23.8 Å². The van der Waals surface area contributed by atoms with E-state index in [0.717, 1.165) is 53.8 Å². The van der Waals surface area contributed by atoms with Gasteiger partial charge in [-0.1, -0.05) is 78.9 Å². The maximum atomic E-state index is 12.5. The Labute approximate surface area is 294 Å². The smallest absolute Gasteiger partial charge is 0.490 e. The highest BCUT2D eigenvalue weighted by Crippen LogP contribution is 2.35. The number of nitrogens with two attached hydrogens (primary N) is 1. The molecule has 0 aliphatic carbocycles. The van der Waals surface area contributed by atoms with Crippen molar-refractivity contribution in [1.29, 1.82) is 0 Å². The van der Waals surface area contributed by atoms with Gasteiger partial charge in [-0.3, -0.25) is 14.4 Å². The highest BCUT2D eigenvalue weighted by molar-refractivity contribution is 5.97. The van der Waals surface area contributed by atoms with Crippen LogP contribution in [0.5, 0.6) is 0 Å². The molecule has 3 aliphatic rings. The molecule has 0 saturated carbocycles. The number of carbonyl (C=O) groups is 5. The molecule has 17 heteroatoms. The van der Waals surface area contributed by atoms with Crippen LogP contribution in [0.4, 0.5) is 32.0 Å². The third kappa shape index (κ3) is 14.5. The number of aliphatic carboxylic acids is 2. The largest absolute Gasteiger partial charge is 0.542 e. The fraction of sp³-hybridized carbons (Fsp3) is 0.343. The van der Waals surface area contributed by atoms with Gasteiger partial charge >= 0.3 is 24.3 Å². The Bertz CT molecular complexity index is 1590. The number of benzene rings is 3. The molecular formula is C35H37F6N3O8. The fourth-order valence-electron chi connectivity index (χ4n) is 5.36. The molecule has 3 aromatic rings. The number of esters is 1. The molecule has 282 valence electrons. The minimum Gasteiger partial charge on any atom is -0.542 e. The number of amides is 1. The Morgan fingerprint density at radius 1 is 0.846 bits per heavy atom. The first-order valence-electron chi connectivity index (χ1n) is 15.6. The molecule has 3 aliphatic heterocycles. The number of nitrogens with zero attached hydrogens (tertiary/aromatic N) is 1. The number of Topliss-reactive ketones (excluding diaryl/α,β-unsaturated/α-hetero) is 1. The van der Waals surface area contributed by atoms with Crippen LogP contribution >= 0.6 is 0 Å². The number of carboxylic acids is 2. The summed E-state index contributed by atoms with van der Waals surface area (Å²) >= 11 is 0. The lowest BCUT2D eigenvalue weighted by Crippen LogP contribution is -2.65. The Kier molecular flexibility index (Phi) is 16.0. The predicted molar refractivity (Wildman–Crippen MR) is 172 cm³/mol. The second kappa shape index (κ2) is 19.4. The van der Waals surface area contributed by atoms with Crippen molar-refractivity contribution in [1.82, 2.24) is 0 Å². The molecule has 1 amide bonds. The molecule has 11 nitrogen and oxygen atoms in total. The Morgan fingerprint density at radius 2 is 1.29 bits per heavy atom. The lowest BCUT2D eigenvalue weighted by molar-refractivity contribution is -0.938. The zero-order chi connectivity index (χ0) is 39.1. The number of alkyl halides is 6. The van der Waals surface area contributed by atoms with Crippen LogP contribution in [0.3, 0.4) is 0 Å². The molecule has 2 bridgehead atoms. The minimum absolute atomic E-state index is 0.00595. The van der Waals surface area contributed by atoms with E-state index in [1.807, 2.05) is 91.0 Å². The van der Waals surface area contributed by atoms with Crippen LogP contribution < -0.4 is 16.2 Å². The summed E-state index contributed by atoms with van der Waals surface area (Å²) < 4.78 is 69.5. The first-order valence-corrected chi connectivity index (χ1v) is 15.6. The number of piperidine rings is 3. The Hall–Kier alpha value is -5.29. The third-order valence-corrected chi connectivity index (χ3v) is 7.89. The summed E-state index contributed by atoms with van der Waals surface area (Å²) in [5, 5.41) is 18.7. The van der Waals surface area contributed by atoms with Gasteiger partial charge in [-0.2, -0.15) is 26.3 Å².